The van der Waals surface area contributed by atoms with Gasteiger partial charge in [-0.2, -0.15) is 4.98 Å². The Bertz CT molecular complexity index is 1240. The highest BCUT2D eigenvalue weighted by atomic mass is 16.5. The summed E-state index contributed by atoms with van der Waals surface area (Å²) in [7, 11) is 0. The average Bonchev–Trinajstić information content (AvgIpc) is 3.58. The lowest BCUT2D eigenvalue weighted by atomic mass is 9.98. The number of aliphatic carboxylic acids is 1. The highest BCUT2D eigenvalue weighted by molar-refractivity contribution is 5.92. The number of fused-ring (bicyclic) bond motifs is 3. The third kappa shape index (κ3) is 4.11. The molecule has 1 aliphatic carbocycles. The molecule has 35 heavy (non-hydrogen) atoms. The predicted molar refractivity (Wildman–Crippen MR) is 126 cm³/mol. The lowest BCUT2D eigenvalue weighted by Gasteiger charge is -2.24. The molecular weight excluding hydrogens is 450 g/mol. The number of carbonyl (C=O) groups is 3. The number of H-pyrrole nitrogens is 1. The molecule has 1 aromatic heterocycles. The number of hydrogen-bond acceptors (Lipinski definition) is 6. The van der Waals surface area contributed by atoms with Crippen molar-refractivity contribution in [1.29, 1.82) is 0 Å². The number of nitrogens with zero attached hydrogens (tertiary/aromatic N) is 3. The molecule has 2 amide bonds. The Kier molecular flexibility index (Phi) is 5.94. The molecule has 2 aliphatic rings. The molecule has 1 aliphatic heterocycles. The molecule has 0 saturated carbocycles. The second-order valence-corrected chi connectivity index (χ2v) is 8.67. The number of carboxylic acid groups (broad SMARTS) is 1. The van der Waals surface area contributed by atoms with Gasteiger partial charge in [-0.3, -0.25) is 20.0 Å². The number of anilines is 1. The molecule has 1 fully saturated rings. The molecule has 5 rings (SSSR count). The molecule has 180 valence electrons. The van der Waals surface area contributed by atoms with Crippen molar-refractivity contribution in [3.8, 4) is 11.1 Å². The van der Waals surface area contributed by atoms with Gasteiger partial charge in [0.05, 0.1) is 5.92 Å². The molecule has 0 bridgehead atoms. The summed E-state index contributed by atoms with van der Waals surface area (Å²) >= 11 is 0. The maximum Gasteiger partial charge on any atom is 0.414 e. The van der Waals surface area contributed by atoms with Crippen molar-refractivity contribution in [1.82, 2.24) is 20.1 Å². The summed E-state index contributed by atoms with van der Waals surface area (Å²) in [6.45, 7) is 2.31. The quantitative estimate of drug-likeness (QED) is 0.496. The Morgan fingerprint density at radius 2 is 1.77 bits per heavy atom. The normalized spacial score (nSPS) is 18.7. The molecule has 2 unspecified atom stereocenters. The van der Waals surface area contributed by atoms with Crippen molar-refractivity contribution in [3.05, 3.63) is 65.5 Å². The zero-order valence-corrected chi connectivity index (χ0v) is 19.1. The van der Waals surface area contributed by atoms with Gasteiger partial charge in [0.2, 0.25) is 5.82 Å². The van der Waals surface area contributed by atoms with E-state index in [9.17, 15) is 19.5 Å². The lowest BCUT2D eigenvalue weighted by molar-refractivity contribution is -0.142. The second-order valence-electron chi connectivity index (χ2n) is 8.67. The van der Waals surface area contributed by atoms with Gasteiger partial charge in [-0.05, 0) is 35.1 Å². The first-order valence-electron chi connectivity index (χ1n) is 11.6. The Labute approximate surface area is 201 Å². The smallest absolute Gasteiger partial charge is 0.414 e. The van der Waals surface area contributed by atoms with Crippen LogP contribution in [-0.2, 0) is 9.53 Å². The summed E-state index contributed by atoms with van der Waals surface area (Å²) in [5, 5.41) is 18.3. The summed E-state index contributed by atoms with van der Waals surface area (Å²) in [5.74, 6) is -2.21. The van der Waals surface area contributed by atoms with Gasteiger partial charge in [0.15, 0.2) is 0 Å². The zero-order valence-electron chi connectivity index (χ0n) is 19.1. The van der Waals surface area contributed by atoms with Crippen LogP contribution >= 0.6 is 0 Å². The van der Waals surface area contributed by atoms with Crippen LogP contribution in [0, 0.1) is 5.92 Å². The van der Waals surface area contributed by atoms with Gasteiger partial charge < -0.3 is 14.7 Å². The highest BCUT2D eigenvalue weighted by Crippen LogP contribution is 2.44. The highest BCUT2D eigenvalue weighted by Gasteiger charge is 2.41. The van der Waals surface area contributed by atoms with Gasteiger partial charge >= 0.3 is 12.1 Å². The Hall–Kier alpha value is -4.21. The summed E-state index contributed by atoms with van der Waals surface area (Å²) in [5.41, 5.74) is 4.46. The fraction of sp³-hybridized carbons (Fsp3) is 0.320. The first-order chi connectivity index (χ1) is 17.0. The van der Waals surface area contributed by atoms with Crippen molar-refractivity contribution in [3.63, 3.8) is 0 Å². The molecular formula is C25H25N5O5. The van der Waals surface area contributed by atoms with Crippen LogP contribution in [0.3, 0.4) is 0 Å². The number of ether oxygens (including phenoxy) is 1. The van der Waals surface area contributed by atoms with Crippen LogP contribution in [0.5, 0.6) is 0 Å². The van der Waals surface area contributed by atoms with E-state index >= 15 is 0 Å². The first-order valence-corrected chi connectivity index (χ1v) is 11.6. The topological polar surface area (TPSA) is 138 Å². The number of rotatable bonds is 6. The molecule has 10 nitrogen and oxygen atoms in total. The van der Waals surface area contributed by atoms with Crippen molar-refractivity contribution < 1.29 is 24.2 Å². The number of carbonyl (C=O) groups excluding carboxylic acids is 2. The minimum atomic E-state index is -0.915. The third-order valence-electron chi connectivity index (χ3n) is 6.79. The predicted octanol–water partition coefficient (Wildman–Crippen LogP) is 3.49. The number of likely N-dealkylation sites (tertiary alicyclic amines) is 1. The van der Waals surface area contributed by atoms with E-state index in [0.29, 0.717) is 19.4 Å². The van der Waals surface area contributed by atoms with E-state index in [-0.39, 0.29) is 24.3 Å². The van der Waals surface area contributed by atoms with E-state index < -0.39 is 29.9 Å². The second kappa shape index (κ2) is 9.21. The number of benzene rings is 2. The fourth-order valence-corrected chi connectivity index (χ4v) is 5.17. The Morgan fingerprint density at radius 1 is 1.11 bits per heavy atom. The van der Waals surface area contributed by atoms with E-state index in [2.05, 4.69) is 32.6 Å². The number of carboxylic acids is 1. The molecule has 3 aromatic rings. The molecule has 3 N–H and O–H groups in total. The Balaban J connectivity index is 1.22. The van der Waals surface area contributed by atoms with Crippen LogP contribution < -0.4 is 5.32 Å². The SMILES string of the molecule is CCC1C(C(=O)O)CCN1C(=O)c1nc(NC(=O)OCC2c3ccccc3-c3ccccc32)n[nH]1. The Morgan fingerprint density at radius 3 is 2.40 bits per heavy atom. The summed E-state index contributed by atoms with van der Waals surface area (Å²) in [6.07, 6.45) is 0.170. The summed E-state index contributed by atoms with van der Waals surface area (Å²) in [6, 6.07) is 15.7. The van der Waals surface area contributed by atoms with E-state index in [1.54, 1.807) is 0 Å². The fourth-order valence-electron chi connectivity index (χ4n) is 5.17. The lowest BCUT2D eigenvalue weighted by Crippen LogP contribution is -2.39. The maximum absolute atomic E-state index is 12.9. The van der Waals surface area contributed by atoms with Crippen LogP contribution in [0.4, 0.5) is 10.7 Å². The maximum atomic E-state index is 12.9. The molecule has 1 saturated heterocycles. The van der Waals surface area contributed by atoms with Crippen molar-refractivity contribution >= 4 is 23.9 Å². The van der Waals surface area contributed by atoms with Crippen LogP contribution in [0.1, 0.15) is 47.4 Å². The first kappa shape index (κ1) is 22.6. The number of nitrogens with one attached hydrogen (secondary N) is 2. The van der Waals surface area contributed by atoms with Crippen LogP contribution in [0.2, 0.25) is 0 Å². The van der Waals surface area contributed by atoms with Gasteiger partial charge in [0, 0.05) is 18.5 Å². The molecule has 2 aromatic carbocycles. The molecule has 2 atom stereocenters. The van der Waals surface area contributed by atoms with Gasteiger partial charge in [-0.25, -0.2) is 4.79 Å². The van der Waals surface area contributed by atoms with Gasteiger partial charge in [0.25, 0.3) is 11.9 Å². The van der Waals surface area contributed by atoms with Gasteiger partial charge in [0.1, 0.15) is 6.61 Å². The largest absolute Gasteiger partial charge is 0.481 e. The number of amides is 2. The van der Waals surface area contributed by atoms with Crippen molar-refractivity contribution in [2.45, 2.75) is 31.7 Å². The number of aromatic amines is 1. The van der Waals surface area contributed by atoms with Gasteiger partial charge in [-0.15, -0.1) is 5.10 Å². The minimum Gasteiger partial charge on any atom is -0.481 e. The molecule has 10 heteroatoms. The number of aromatic nitrogens is 3. The van der Waals surface area contributed by atoms with E-state index in [1.165, 1.54) is 4.90 Å². The molecule has 2 heterocycles. The summed E-state index contributed by atoms with van der Waals surface area (Å²) < 4.78 is 5.48. The van der Waals surface area contributed by atoms with Crippen LogP contribution in [-0.4, -0.2) is 62.4 Å². The van der Waals surface area contributed by atoms with Crippen molar-refractivity contribution in [2.75, 3.05) is 18.5 Å². The van der Waals surface area contributed by atoms with Crippen LogP contribution in [0.25, 0.3) is 11.1 Å². The standard InChI is InChI=1S/C25H25N5O5/c1-2-20-18(23(32)33)11-12-30(20)22(31)21-26-24(29-28-21)27-25(34)35-13-19-16-9-5-3-7-14(16)15-8-4-6-10-17(15)19/h3-10,18-20H,2,11-13H2,1H3,(H,32,33)(H2,26,27,28,29,34). The molecule has 0 spiro atoms. The third-order valence-corrected chi connectivity index (χ3v) is 6.79. The molecule has 0 radical (unpaired) electrons. The monoisotopic (exact) mass is 475 g/mol. The van der Waals surface area contributed by atoms with Crippen molar-refractivity contribution in [2.24, 2.45) is 5.92 Å². The minimum absolute atomic E-state index is 0.0663. The van der Waals surface area contributed by atoms with Gasteiger partial charge in [-0.1, -0.05) is 55.5 Å². The van der Waals surface area contributed by atoms with Crippen LogP contribution in [0.15, 0.2) is 48.5 Å². The van der Waals surface area contributed by atoms with E-state index in [4.69, 9.17) is 4.74 Å². The summed E-state index contributed by atoms with van der Waals surface area (Å²) in [4.78, 5) is 42.4. The average molecular weight is 476 g/mol. The van der Waals surface area contributed by atoms with E-state index in [0.717, 1.165) is 22.3 Å². The van der Waals surface area contributed by atoms with E-state index in [1.807, 2.05) is 43.3 Å². The zero-order chi connectivity index (χ0) is 24.5. The number of hydrogen-bond donors (Lipinski definition) is 3.